The van der Waals surface area contributed by atoms with E-state index in [0.717, 1.165) is 22.2 Å². The molecule has 0 spiro atoms. The van der Waals surface area contributed by atoms with Crippen molar-refractivity contribution in [1.29, 1.82) is 0 Å². The Morgan fingerprint density at radius 2 is 1.92 bits per heavy atom. The molecule has 5 rings (SSSR count). The number of aromatic nitrogens is 3. The number of carbonyl (C=O) groups excluding carboxylic acids is 1. The second-order valence-corrected chi connectivity index (χ2v) is 10.7. The van der Waals surface area contributed by atoms with Crippen molar-refractivity contribution in [2.75, 3.05) is 43.1 Å². The number of esters is 1. The third-order valence-electron chi connectivity index (χ3n) is 6.85. The number of hydrogen-bond acceptors (Lipinski definition) is 9. The Balaban J connectivity index is 1.62. The van der Waals surface area contributed by atoms with Gasteiger partial charge in [0.1, 0.15) is 17.4 Å². The fourth-order valence-electron chi connectivity index (χ4n) is 5.07. The number of aryl methyl sites for hydroxylation is 1. The van der Waals surface area contributed by atoms with Crippen molar-refractivity contribution in [3.63, 3.8) is 0 Å². The van der Waals surface area contributed by atoms with Gasteiger partial charge in [-0.25, -0.2) is 14.8 Å². The van der Waals surface area contributed by atoms with Crippen molar-refractivity contribution in [2.45, 2.75) is 32.4 Å². The van der Waals surface area contributed by atoms with Crippen LogP contribution in [-0.2, 0) is 16.6 Å². The van der Waals surface area contributed by atoms with Crippen molar-refractivity contribution in [2.24, 2.45) is 7.05 Å². The molecule has 1 aliphatic heterocycles. The number of anilines is 3. The topological polar surface area (TPSA) is 134 Å². The molecule has 5 N–H and O–H groups in total. The largest absolute Gasteiger partial charge is 0.494 e. The van der Waals surface area contributed by atoms with Crippen LogP contribution >= 0.6 is 0 Å². The Bertz CT molecular complexity index is 1540. The van der Waals surface area contributed by atoms with Crippen LogP contribution < -0.4 is 26.4 Å². The zero-order chi connectivity index (χ0) is 27.9. The van der Waals surface area contributed by atoms with Gasteiger partial charge in [-0.3, -0.25) is 0 Å². The molecule has 1 aliphatic rings. The summed E-state index contributed by atoms with van der Waals surface area (Å²) in [6.45, 7) is 7.19. The minimum Gasteiger partial charge on any atom is -0.494 e. The van der Waals surface area contributed by atoms with E-state index in [9.17, 15) is 4.79 Å². The number of methoxy groups -OCH3 is 1. The van der Waals surface area contributed by atoms with Crippen molar-refractivity contribution < 1.29 is 14.3 Å². The summed E-state index contributed by atoms with van der Waals surface area (Å²) in [7, 11) is 3.55. The van der Waals surface area contributed by atoms with Crippen molar-refractivity contribution >= 4 is 33.9 Å². The van der Waals surface area contributed by atoms with E-state index in [4.69, 9.17) is 25.9 Å². The molecule has 1 unspecified atom stereocenters. The molecule has 0 amide bonds. The van der Waals surface area contributed by atoms with Crippen LogP contribution in [0.4, 0.5) is 17.1 Å². The number of ether oxygens (including phenoxy) is 2. The molecular formula is C29H35N7O3. The summed E-state index contributed by atoms with van der Waals surface area (Å²) in [5.74, 6) is 0.468. The third-order valence-corrected chi connectivity index (χ3v) is 6.85. The SMILES string of the molecule is COc1cc(N2CCNCC2C(=O)OC(C)(C)C)c(N)c(-c2nccc(-c3cn(C)c4ccccc34)n2)c1N. The number of nitrogens with two attached hydrogens (primary N) is 2. The highest BCUT2D eigenvalue weighted by atomic mass is 16.6. The van der Waals surface area contributed by atoms with Gasteiger partial charge in [-0.15, -0.1) is 0 Å². The summed E-state index contributed by atoms with van der Waals surface area (Å²) in [4.78, 5) is 24.6. The predicted molar refractivity (Wildman–Crippen MR) is 155 cm³/mol. The number of nitrogens with zero attached hydrogens (tertiary/aromatic N) is 4. The van der Waals surface area contributed by atoms with E-state index >= 15 is 0 Å². The van der Waals surface area contributed by atoms with Crippen LogP contribution in [0.3, 0.4) is 0 Å². The number of nitrogen functional groups attached to an aromatic ring is 2. The maximum Gasteiger partial charge on any atom is 0.330 e. The molecule has 0 radical (unpaired) electrons. The number of piperazine rings is 1. The monoisotopic (exact) mass is 529 g/mol. The summed E-state index contributed by atoms with van der Waals surface area (Å²) >= 11 is 0. The first-order chi connectivity index (χ1) is 18.6. The molecule has 1 fully saturated rings. The molecule has 2 aromatic carbocycles. The third kappa shape index (κ3) is 4.95. The standard InChI is InChI=1S/C29H35N7O3/c1-29(2,3)39-28(37)22-15-32-12-13-36(22)21-14-23(38-5)26(31)24(25(21)30)27-33-11-10-19(34-27)18-16-35(4)20-9-7-6-8-17(18)20/h6-11,14,16,22,32H,12-13,15,30-31H2,1-5H3. The first-order valence-electron chi connectivity index (χ1n) is 12.9. The maximum absolute atomic E-state index is 13.2. The van der Waals surface area contributed by atoms with Crippen molar-refractivity contribution in [3.05, 3.63) is 48.8 Å². The molecule has 0 saturated carbocycles. The second-order valence-electron chi connectivity index (χ2n) is 10.7. The van der Waals surface area contributed by atoms with Gasteiger partial charge in [-0.1, -0.05) is 18.2 Å². The molecule has 1 atom stereocenters. The van der Waals surface area contributed by atoms with Crippen molar-refractivity contribution in [1.82, 2.24) is 19.9 Å². The van der Waals surface area contributed by atoms with Gasteiger partial charge >= 0.3 is 5.97 Å². The van der Waals surface area contributed by atoms with Gasteiger partial charge in [0.2, 0.25) is 0 Å². The number of nitrogens with one attached hydrogen (secondary N) is 1. The lowest BCUT2D eigenvalue weighted by molar-refractivity contribution is -0.156. The lowest BCUT2D eigenvalue weighted by Gasteiger charge is -2.38. The highest BCUT2D eigenvalue weighted by molar-refractivity contribution is 5.98. The van der Waals surface area contributed by atoms with E-state index in [1.54, 1.807) is 19.4 Å². The number of benzene rings is 2. The molecule has 10 nitrogen and oxygen atoms in total. The fraction of sp³-hybridized carbons (Fsp3) is 0.345. The van der Waals surface area contributed by atoms with E-state index in [1.165, 1.54) is 0 Å². The van der Waals surface area contributed by atoms with Crippen LogP contribution in [0, 0.1) is 0 Å². The molecule has 1 saturated heterocycles. The zero-order valence-corrected chi connectivity index (χ0v) is 23.0. The Kier molecular flexibility index (Phi) is 6.82. The number of fused-ring (bicyclic) bond motifs is 1. The summed E-state index contributed by atoms with van der Waals surface area (Å²) in [6.07, 6.45) is 3.75. The first-order valence-corrected chi connectivity index (χ1v) is 12.9. The van der Waals surface area contributed by atoms with Crippen molar-refractivity contribution in [3.8, 4) is 28.4 Å². The van der Waals surface area contributed by atoms with Gasteiger partial charge < -0.3 is 35.7 Å². The number of rotatable bonds is 5. The molecule has 3 heterocycles. The molecule has 204 valence electrons. The van der Waals surface area contributed by atoms with Crippen LogP contribution in [0.2, 0.25) is 0 Å². The van der Waals surface area contributed by atoms with Crippen LogP contribution in [0.25, 0.3) is 33.5 Å². The number of carbonyl (C=O) groups is 1. The molecule has 39 heavy (non-hydrogen) atoms. The average Bonchev–Trinajstić information content (AvgIpc) is 3.25. The van der Waals surface area contributed by atoms with E-state index in [-0.39, 0.29) is 5.97 Å². The molecular weight excluding hydrogens is 494 g/mol. The van der Waals surface area contributed by atoms with Gasteiger partial charge in [0.05, 0.1) is 35.4 Å². The van der Waals surface area contributed by atoms with E-state index in [1.807, 2.05) is 57.1 Å². The minimum absolute atomic E-state index is 0.331. The summed E-state index contributed by atoms with van der Waals surface area (Å²) in [6, 6.07) is 11.2. The predicted octanol–water partition coefficient (Wildman–Crippen LogP) is 3.60. The van der Waals surface area contributed by atoms with Gasteiger partial charge in [-0.05, 0) is 32.9 Å². The van der Waals surface area contributed by atoms with Gasteiger partial charge in [0.25, 0.3) is 0 Å². The minimum atomic E-state index is -0.619. The molecule has 10 heteroatoms. The maximum atomic E-state index is 13.2. The van der Waals surface area contributed by atoms with E-state index in [0.29, 0.717) is 53.8 Å². The lowest BCUT2D eigenvalue weighted by Crippen LogP contribution is -2.56. The molecule has 0 aliphatic carbocycles. The van der Waals surface area contributed by atoms with Crippen LogP contribution in [0.15, 0.2) is 48.8 Å². The molecule has 2 aromatic heterocycles. The highest BCUT2D eigenvalue weighted by Crippen LogP contribution is 2.44. The summed E-state index contributed by atoms with van der Waals surface area (Å²) < 4.78 is 13.4. The smallest absolute Gasteiger partial charge is 0.330 e. The molecule has 0 bridgehead atoms. The lowest BCUT2D eigenvalue weighted by atomic mass is 10.0. The van der Waals surface area contributed by atoms with Gasteiger partial charge in [0, 0.05) is 61.6 Å². The number of hydrogen-bond donors (Lipinski definition) is 3. The summed E-state index contributed by atoms with van der Waals surface area (Å²) in [5.41, 5.74) is 17.4. The van der Waals surface area contributed by atoms with Gasteiger partial charge in [0.15, 0.2) is 5.82 Å². The fourth-order valence-corrected chi connectivity index (χ4v) is 5.07. The van der Waals surface area contributed by atoms with Crippen LogP contribution in [0.1, 0.15) is 20.8 Å². The van der Waals surface area contributed by atoms with Crippen LogP contribution in [-0.4, -0.2) is 58.9 Å². The van der Waals surface area contributed by atoms with E-state index in [2.05, 4.69) is 27.0 Å². The average molecular weight is 530 g/mol. The Hall–Kier alpha value is -4.31. The Labute approximate surface area is 227 Å². The normalized spacial score (nSPS) is 15.9. The Morgan fingerprint density at radius 3 is 2.67 bits per heavy atom. The first kappa shape index (κ1) is 26.3. The van der Waals surface area contributed by atoms with Gasteiger partial charge in [-0.2, -0.15) is 0 Å². The Morgan fingerprint density at radius 1 is 1.15 bits per heavy atom. The quantitative estimate of drug-likeness (QED) is 0.262. The second kappa shape index (κ2) is 10.1. The zero-order valence-electron chi connectivity index (χ0n) is 23.0. The molecule has 4 aromatic rings. The van der Waals surface area contributed by atoms with E-state index < -0.39 is 11.6 Å². The highest BCUT2D eigenvalue weighted by Gasteiger charge is 2.35. The number of para-hydroxylation sites is 1. The summed E-state index contributed by atoms with van der Waals surface area (Å²) in [5, 5.41) is 4.36. The van der Waals surface area contributed by atoms with Crippen LogP contribution in [0.5, 0.6) is 5.75 Å².